The topological polar surface area (TPSA) is 58.6 Å². The molecule has 0 bridgehead atoms. The van der Waals surface area contributed by atoms with Gasteiger partial charge in [0.15, 0.2) is 0 Å². The van der Waals surface area contributed by atoms with Crippen molar-refractivity contribution in [1.82, 2.24) is 10.2 Å². The summed E-state index contributed by atoms with van der Waals surface area (Å²) in [4.78, 5) is 26.7. The van der Waals surface area contributed by atoms with E-state index in [9.17, 15) is 9.59 Å². The van der Waals surface area contributed by atoms with E-state index in [-0.39, 0.29) is 35.9 Å². The van der Waals surface area contributed by atoms with Crippen molar-refractivity contribution in [1.29, 1.82) is 0 Å². The Balaban J connectivity index is 1.78. The van der Waals surface area contributed by atoms with Crippen molar-refractivity contribution < 1.29 is 14.3 Å². The van der Waals surface area contributed by atoms with Gasteiger partial charge in [-0.3, -0.25) is 9.59 Å². The molecule has 3 rings (SSSR count). The monoisotopic (exact) mass is 308 g/mol. The Labute approximate surface area is 128 Å². The van der Waals surface area contributed by atoms with Crippen molar-refractivity contribution in [3.05, 3.63) is 22.4 Å². The Bertz CT molecular complexity index is 529. The van der Waals surface area contributed by atoms with E-state index >= 15 is 0 Å². The zero-order chi connectivity index (χ0) is 15.0. The minimum atomic E-state index is -0.262. The molecule has 0 unspecified atom stereocenters. The number of amides is 2. The summed E-state index contributed by atoms with van der Waals surface area (Å²) in [7, 11) is 0. The standard InChI is InChI=1S/C15H20N2O3S/c1-9(2)16-14(18)11-7-17(12-3-5-20-13(11)12)15(19)10-4-6-21-8-10/h4,6,8-9,11-13H,3,5,7H2,1-2H3,(H,16,18)/t11-,12-,13+/m1/s1. The molecule has 0 aliphatic carbocycles. The number of hydrogen-bond acceptors (Lipinski definition) is 4. The van der Waals surface area contributed by atoms with Crippen LogP contribution in [0.25, 0.3) is 0 Å². The third-order valence-electron chi connectivity index (χ3n) is 4.09. The Morgan fingerprint density at radius 2 is 2.29 bits per heavy atom. The van der Waals surface area contributed by atoms with Crippen LogP contribution in [0.2, 0.25) is 0 Å². The third kappa shape index (κ3) is 2.70. The smallest absolute Gasteiger partial charge is 0.255 e. The zero-order valence-electron chi connectivity index (χ0n) is 12.2. The summed E-state index contributed by atoms with van der Waals surface area (Å²) in [6.07, 6.45) is 0.651. The first-order valence-electron chi connectivity index (χ1n) is 7.33. The lowest BCUT2D eigenvalue weighted by Gasteiger charge is -2.21. The molecule has 3 heterocycles. The second-order valence-corrected chi connectivity index (χ2v) is 6.71. The largest absolute Gasteiger partial charge is 0.375 e. The maximum atomic E-state index is 12.6. The molecule has 2 aliphatic rings. The van der Waals surface area contributed by atoms with E-state index < -0.39 is 0 Å². The normalized spacial score (nSPS) is 28.0. The fourth-order valence-electron chi connectivity index (χ4n) is 3.18. The average Bonchev–Trinajstić information content (AvgIpc) is 3.14. The molecule has 114 valence electrons. The van der Waals surface area contributed by atoms with Gasteiger partial charge in [-0.1, -0.05) is 0 Å². The number of likely N-dealkylation sites (tertiary alicyclic amines) is 1. The van der Waals surface area contributed by atoms with E-state index in [1.165, 1.54) is 11.3 Å². The molecule has 2 aliphatic heterocycles. The predicted molar refractivity (Wildman–Crippen MR) is 80.3 cm³/mol. The summed E-state index contributed by atoms with van der Waals surface area (Å²) in [5, 5.41) is 6.69. The molecule has 0 spiro atoms. The fraction of sp³-hybridized carbons (Fsp3) is 0.600. The number of nitrogens with one attached hydrogen (secondary N) is 1. The Morgan fingerprint density at radius 3 is 2.95 bits per heavy atom. The quantitative estimate of drug-likeness (QED) is 0.920. The number of carbonyl (C=O) groups excluding carboxylic acids is 2. The molecule has 0 radical (unpaired) electrons. The van der Waals surface area contributed by atoms with Gasteiger partial charge in [0.2, 0.25) is 5.91 Å². The van der Waals surface area contributed by atoms with Gasteiger partial charge in [-0.15, -0.1) is 0 Å². The van der Waals surface area contributed by atoms with Gasteiger partial charge in [0, 0.05) is 24.6 Å². The van der Waals surface area contributed by atoms with Crippen LogP contribution in [-0.2, 0) is 9.53 Å². The molecule has 1 aromatic rings. The first-order valence-corrected chi connectivity index (χ1v) is 8.27. The molecule has 0 aromatic carbocycles. The zero-order valence-corrected chi connectivity index (χ0v) is 13.1. The van der Waals surface area contributed by atoms with Crippen LogP contribution >= 0.6 is 11.3 Å². The van der Waals surface area contributed by atoms with Crippen LogP contribution in [0.3, 0.4) is 0 Å². The number of rotatable bonds is 3. The number of nitrogens with zero attached hydrogens (tertiary/aromatic N) is 1. The summed E-state index contributed by atoms with van der Waals surface area (Å²) < 4.78 is 5.74. The van der Waals surface area contributed by atoms with E-state index in [0.717, 1.165) is 6.42 Å². The molecular formula is C15H20N2O3S. The number of thiophene rings is 1. The van der Waals surface area contributed by atoms with Crippen molar-refractivity contribution in [2.24, 2.45) is 5.92 Å². The molecular weight excluding hydrogens is 288 g/mol. The van der Waals surface area contributed by atoms with Gasteiger partial charge in [0.25, 0.3) is 5.91 Å². The van der Waals surface area contributed by atoms with E-state index in [2.05, 4.69) is 5.32 Å². The average molecular weight is 308 g/mol. The van der Waals surface area contributed by atoms with Gasteiger partial charge >= 0.3 is 0 Å². The highest BCUT2D eigenvalue weighted by Gasteiger charge is 2.50. The van der Waals surface area contributed by atoms with E-state index in [4.69, 9.17) is 4.74 Å². The molecule has 0 saturated carbocycles. The maximum Gasteiger partial charge on any atom is 0.255 e. The van der Waals surface area contributed by atoms with E-state index in [1.54, 1.807) is 0 Å². The number of hydrogen-bond donors (Lipinski definition) is 1. The fourth-order valence-corrected chi connectivity index (χ4v) is 3.81. The molecule has 21 heavy (non-hydrogen) atoms. The molecule has 2 saturated heterocycles. The van der Waals surface area contributed by atoms with E-state index in [0.29, 0.717) is 18.7 Å². The second-order valence-electron chi connectivity index (χ2n) is 5.93. The highest BCUT2D eigenvalue weighted by atomic mass is 32.1. The molecule has 2 fully saturated rings. The lowest BCUT2D eigenvalue weighted by molar-refractivity contribution is -0.128. The van der Waals surface area contributed by atoms with Crippen molar-refractivity contribution >= 4 is 23.2 Å². The van der Waals surface area contributed by atoms with E-state index in [1.807, 2.05) is 35.6 Å². The summed E-state index contributed by atoms with van der Waals surface area (Å²) in [6.45, 7) is 4.94. The Morgan fingerprint density at radius 1 is 1.48 bits per heavy atom. The highest BCUT2D eigenvalue weighted by Crippen LogP contribution is 2.34. The summed E-state index contributed by atoms with van der Waals surface area (Å²) in [6, 6.07) is 1.96. The molecule has 5 nitrogen and oxygen atoms in total. The van der Waals surface area contributed by atoms with Crippen molar-refractivity contribution in [2.75, 3.05) is 13.2 Å². The molecule has 1 aromatic heterocycles. The second kappa shape index (κ2) is 5.77. The van der Waals surface area contributed by atoms with Crippen LogP contribution in [0.15, 0.2) is 16.8 Å². The highest BCUT2D eigenvalue weighted by molar-refractivity contribution is 7.08. The van der Waals surface area contributed by atoms with Crippen LogP contribution in [0.5, 0.6) is 0 Å². The first-order chi connectivity index (χ1) is 10.1. The van der Waals surface area contributed by atoms with Gasteiger partial charge in [0.1, 0.15) is 0 Å². The number of ether oxygens (including phenoxy) is 1. The minimum Gasteiger partial charge on any atom is -0.375 e. The van der Waals surface area contributed by atoms with Crippen LogP contribution in [0.1, 0.15) is 30.6 Å². The van der Waals surface area contributed by atoms with Crippen molar-refractivity contribution in [2.45, 2.75) is 38.5 Å². The number of carbonyl (C=O) groups is 2. The molecule has 6 heteroatoms. The summed E-state index contributed by atoms with van der Waals surface area (Å²) in [5.41, 5.74) is 0.704. The Hall–Kier alpha value is -1.40. The molecule has 3 atom stereocenters. The van der Waals surface area contributed by atoms with Crippen molar-refractivity contribution in [3.8, 4) is 0 Å². The van der Waals surface area contributed by atoms with Gasteiger partial charge < -0.3 is 15.0 Å². The SMILES string of the molecule is CC(C)NC(=O)[C@@H]1CN(C(=O)c2ccsc2)[C@@H]2CCO[C@H]21. The molecule has 2 amide bonds. The van der Waals surface area contributed by atoms with Crippen LogP contribution in [-0.4, -0.2) is 48.1 Å². The first kappa shape index (κ1) is 14.5. The van der Waals surface area contributed by atoms with Gasteiger partial charge in [-0.2, -0.15) is 11.3 Å². The van der Waals surface area contributed by atoms with Gasteiger partial charge in [-0.05, 0) is 31.7 Å². The predicted octanol–water partition coefficient (Wildman–Crippen LogP) is 1.50. The summed E-state index contributed by atoms with van der Waals surface area (Å²) >= 11 is 1.51. The lowest BCUT2D eigenvalue weighted by atomic mass is 10.0. The minimum absolute atomic E-state index is 0.0107. The van der Waals surface area contributed by atoms with Gasteiger partial charge in [-0.25, -0.2) is 0 Å². The van der Waals surface area contributed by atoms with Crippen LogP contribution in [0.4, 0.5) is 0 Å². The third-order valence-corrected chi connectivity index (χ3v) is 4.77. The number of fused-ring (bicyclic) bond motifs is 1. The molecule has 1 N–H and O–H groups in total. The maximum absolute atomic E-state index is 12.6. The van der Waals surface area contributed by atoms with Crippen LogP contribution < -0.4 is 5.32 Å². The Kier molecular flexibility index (Phi) is 3.99. The summed E-state index contributed by atoms with van der Waals surface area (Å²) in [5.74, 6) is -0.262. The van der Waals surface area contributed by atoms with Crippen LogP contribution in [0, 0.1) is 5.92 Å². The van der Waals surface area contributed by atoms with Crippen molar-refractivity contribution in [3.63, 3.8) is 0 Å². The van der Waals surface area contributed by atoms with Gasteiger partial charge in [0.05, 0.1) is 23.6 Å². The lowest BCUT2D eigenvalue weighted by Crippen LogP contribution is -2.41.